The van der Waals surface area contributed by atoms with Crippen LogP contribution in [0.2, 0.25) is 0 Å². The lowest BCUT2D eigenvalue weighted by Gasteiger charge is -2.50. The van der Waals surface area contributed by atoms with Crippen LogP contribution in [-0.4, -0.2) is 71.5 Å². The second-order valence-electron chi connectivity index (χ2n) is 12.1. The predicted octanol–water partition coefficient (Wildman–Crippen LogP) is 7.07. The van der Waals surface area contributed by atoms with Gasteiger partial charge in [-0.25, -0.2) is 4.79 Å². The van der Waals surface area contributed by atoms with Crippen LogP contribution >= 0.6 is 0 Å². The van der Waals surface area contributed by atoms with Gasteiger partial charge in [0.2, 0.25) is 0 Å². The van der Waals surface area contributed by atoms with E-state index in [-0.39, 0.29) is 19.6 Å². The molecule has 9 atom stereocenters. The second kappa shape index (κ2) is 18.3. The van der Waals surface area contributed by atoms with Crippen LogP contribution in [0.3, 0.4) is 0 Å². The van der Waals surface area contributed by atoms with E-state index in [0.717, 1.165) is 25.0 Å². The van der Waals surface area contributed by atoms with Crippen LogP contribution < -0.4 is 0 Å². The zero-order valence-corrected chi connectivity index (χ0v) is 28.0. The third kappa shape index (κ3) is 9.58. The summed E-state index contributed by atoms with van der Waals surface area (Å²) in [6, 6.07) is 15.3. The molecule has 2 aliphatic rings. The molecule has 1 heterocycles. The lowest BCUT2D eigenvalue weighted by molar-refractivity contribution is -0.197. The molecular formula is C33H40N10O7. The Hall–Kier alpha value is -5.46. The van der Waals surface area contributed by atoms with E-state index in [1.54, 1.807) is 4.90 Å². The molecule has 1 aliphatic heterocycles. The minimum absolute atomic E-state index is 0.0539. The standard InChI is InChI=1S/C33H40N10O7/c1-4-27(43(18-22-11-7-5-8-12-22)33(46)47-19-23-13-9-6-10-14-23)28-16-15-24(37-40-34)30(50-28)29-25(38-41-35)17-26(39-42-36)31(48-20(2)44)32(29)49-21(3)45/h5-14,24-32H,4,15-19H2,1-3H3/t24?,25?,26?,27-,28-,29?,30-,31-,32-/m0/s1. The first-order valence-corrected chi connectivity index (χ1v) is 16.3. The summed E-state index contributed by atoms with van der Waals surface area (Å²) < 4.78 is 23.9. The van der Waals surface area contributed by atoms with Gasteiger partial charge in [-0.3, -0.25) is 14.5 Å². The van der Waals surface area contributed by atoms with Crippen molar-refractivity contribution in [3.05, 3.63) is 103 Å². The Labute approximate surface area is 288 Å². The highest BCUT2D eigenvalue weighted by molar-refractivity contribution is 5.68. The van der Waals surface area contributed by atoms with Crippen molar-refractivity contribution in [2.24, 2.45) is 21.3 Å². The monoisotopic (exact) mass is 688 g/mol. The Bertz CT molecular complexity index is 1610. The molecule has 1 saturated carbocycles. The molecule has 17 nitrogen and oxygen atoms in total. The Kier molecular flexibility index (Phi) is 13.7. The average molecular weight is 689 g/mol. The van der Waals surface area contributed by atoms with E-state index in [1.807, 2.05) is 67.6 Å². The molecule has 1 saturated heterocycles. The molecule has 0 spiro atoms. The first-order chi connectivity index (χ1) is 24.2. The lowest BCUT2D eigenvalue weighted by Crippen LogP contribution is -2.62. The molecule has 17 heteroatoms. The number of hydrogen-bond donors (Lipinski definition) is 0. The zero-order valence-electron chi connectivity index (χ0n) is 28.0. The van der Waals surface area contributed by atoms with Crippen LogP contribution in [0.15, 0.2) is 76.0 Å². The molecule has 2 fully saturated rings. The SMILES string of the molecule is CC[C@@H]([C@@H]1CCC(N=[N+]=[N-])[C@@H](C2C(N=[N+]=[N-])CC(N=[N+]=[N-])[C@H](OC(C)=O)[C@H]2OC(C)=O)O1)N(Cc1ccccc1)C(=O)OCc1ccccc1. The Morgan fingerprint density at radius 2 is 1.38 bits per heavy atom. The summed E-state index contributed by atoms with van der Waals surface area (Å²) in [4.78, 5) is 49.1. The fourth-order valence-electron chi connectivity index (χ4n) is 6.91. The number of azide groups is 3. The topological polar surface area (TPSA) is 238 Å². The van der Waals surface area contributed by atoms with Crippen LogP contribution in [0.25, 0.3) is 31.3 Å². The molecular weight excluding hydrogens is 648 g/mol. The van der Waals surface area contributed by atoms with Gasteiger partial charge in [0.1, 0.15) is 18.8 Å². The largest absolute Gasteiger partial charge is 0.458 e. The van der Waals surface area contributed by atoms with Crippen molar-refractivity contribution in [1.29, 1.82) is 0 Å². The number of benzene rings is 2. The molecule has 0 aromatic heterocycles. The Morgan fingerprint density at radius 3 is 1.96 bits per heavy atom. The maximum atomic E-state index is 13.8. The van der Waals surface area contributed by atoms with E-state index >= 15 is 0 Å². The number of ether oxygens (including phenoxy) is 4. The smallest absolute Gasteiger partial charge is 0.410 e. The van der Waals surface area contributed by atoms with Crippen LogP contribution in [0, 0.1) is 5.92 Å². The maximum Gasteiger partial charge on any atom is 0.410 e. The van der Waals surface area contributed by atoms with E-state index in [4.69, 9.17) is 18.9 Å². The highest BCUT2D eigenvalue weighted by Gasteiger charge is 2.54. The first-order valence-electron chi connectivity index (χ1n) is 16.3. The number of amides is 1. The minimum atomic E-state index is -1.31. The van der Waals surface area contributed by atoms with Crippen LogP contribution in [0.4, 0.5) is 4.79 Å². The van der Waals surface area contributed by atoms with Gasteiger partial charge in [0.05, 0.1) is 30.3 Å². The van der Waals surface area contributed by atoms with E-state index in [2.05, 4.69) is 30.1 Å². The zero-order chi connectivity index (χ0) is 36.0. The number of esters is 2. The highest BCUT2D eigenvalue weighted by atomic mass is 16.6. The summed E-state index contributed by atoms with van der Waals surface area (Å²) >= 11 is 0. The normalized spacial score (nSPS) is 26.4. The summed E-state index contributed by atoms with van der Waals surface area (Å²) in [6.07, 6.45) is -3.76. The molecule has 2 aromatic rings. The van der Waals surface area contributed by atoms with E-state index < -0.39 is 72.5 Å². The van der Waals surface area contributed by atoms with E-state index in [0.29, 0.717) is 19.3 Å². The quantitative estimate of drug-likeness (QED) is 0.0696. The van der Waals surface area contributed by atoms with Crippen LogP contribution in [0.5, 0.6) is 0 Å². The van der Waals surface area contributed by atoms with Gasteiger partial charge in [0.25, 0.3) is 0 Å². The van der Waals surface area contributed by atoms with E-state index in [1.165, 1.54) is 0 Å². The molecule has 0 N–H and O–H groups in total. The van der Waals surface area contributed by atoms with Crippen molar-refractivity contribution in [3.8, 4) is 0 Å². The third-order valence-electron chi connectivity index (χ3n) is 8.93. The van der Waals surface area contributed by atoms with Crippen LogP contribution in [-0.2, 0) is 41.7 Å². The van der Waals surface area contributed by atoms with Gasteiger partial charge in [-0.15, -0.1) is 0 Å². The van der Waals surface area contributed by atoms with Gasteiger partial charge in [-0.1, -0.05) is 82.9 Å². The number of nitrogens with zero attached hydrogens (tertiary/aromatic N) is 10. The molecule has 0 radical (unpaired) electrons. The molecule has 264 valence electrons. The highest BCUT2D eigenvalue weighted by Crippen LogP contribution is 2.42. The maximum absolute atomic E-state index is 13.8. The average Bonchev–Trinajstić information content (AvgIpc) is 3.10. The summed E-state index contributed by atoms with van der Waals surface area (Å²) in [6.45, 7) is 4.50. The second-order valence-corrected chi connectivity index (χ2v) is 12.1. The lowest BCUT2D eigenvalue weighted by atomic mass is 9.72. The predicted molar refractivity (Wildman–Crippen MR) is 179 cm³/mol. The number of rotatable bonds is 13. The van der Waals surface area contributed by atoms with Crippen molar-refractivity contribution < 1.29 is 33.3 Å². The molecule has 4 unspecified atom stereocenters. The molecule has 2 aromatic carbocycles. The molecule has 1 amide bonds. The minimum Gasteiger partial charge on any atom is -0.458 e. The van der Waals surface area contributed by atoms with Crippen molar-refractivity contribution in [2.75, 3.05) is 0 Å². The first kappa shape index (κ1) is 37.4. The summed E-state index contributed by atoms with van der Waals surface area (Å²) in [7, 11) is 0. The van der Waals surface area contributed by atoms with Gasteiger partial charge in [0, 0.05) is 47.1 Å². The molecule has 4 rings (SSSR count). The van der Waals surface area contributed by atoms with Crippen LogP contribution in [0.1, 0.15) is 57.6 Å². The Balaban J connectivity index is 1.74. The van der Waals surface area contributed by atoms with Gasteiger partial charge >= 0.3 is 18.0 Å². The number of carbonyl (C=O) groups is 3. The van der Waals surface area contributed by atoms with Crippen molar-refractivity contribution in [1.82, 2.24) is 4.90 Å². The molecule has 0 bridgehead atoms. The molecule has 50 heavy (non-hydrogen) atoms. The number of carbonyl (C=O) groups excluding carboxylic acids is 3. The van der Waals surface area contributed by atoms with Gasteiger partial charge in [-0.05, 0) is 53.4 Å². The summed E-state index contributed by atoms with van der Waals surface area (Å²) in [5.41, 5.74) is 30.1. The van der Waals surface area contributed by atoms with E-state index in [9.17, 15) is 31.0 Å². The van der Waals surface area contributed by atoms with Crippen molar-refractivity contribution in [2.45, 2.75) is 108 Å². The summed E-state index contributed by atoms with van der Waals surface area (Å²) in [5.74, 6) is -2.47. The molecule has 1 aliphatic carbocycles. The fraction of sp³-hybridized carbons (Fsp3) is 0.545. The fourth-order valence-corrected chi connectivity index (χ4v) is 6.91. The third-order valence-corrected chi connectivity index (χ3v) is 8.93. The Morgan fingerprint density at radius 1 is 0.820 bits per heavy atom. The van der Waals surface area contributed by atoms with Crippen molar-refractivity contribution >= 4 is 18.0 Å². The van der Waals surface area contributed by atoms with Gasteiger partial charge in [0.15, 0.2) is 0 Å². The summed E-state index contributed by atoms with van der Waals surface area (Å²) in [5, 5.41) is 11.7. The number of hydrogen-bond acceptors (Lipinski definition) is 10. The van der Waals surface area contributed by atoms with Gasteiger partial charge in [-0.2, -0.15) is 0 Å². The van der Waals surface area contributed by atoms with Gasteiger partial charge < -0.3 is 18.9 Å². The van der Waals surface area contributed by atoms with Crippen molar-refractivity contribution in [3.63, 3.8) is 0 Å².